The predicted molar refractivity (Wildman–Crippen MR) is 48.4 cm³/mol. The van der Waals surface area contributed by atoms with Gasteiger partial charge in [-0.05, 0) is 26.0 Å². The third-order valence-corrected chi connectivity index (χ3v) is 2.16. The number of aryl methyl sites for hydroxylation is 2. The second kappa shape index (κ2) is 2.81. The Kier molecular flexibility index (Phi) is 1.77. The van der Waals surface area contributed by atoms with Crippen LogP contribution in [0, 0.1) is 13.8 Å². The molecule has 4 heteroatoms. The average Bonchev–Trinajstić information content (AvgIpc) is 2.43. The minimum absolute atomic E-state index is 0.0351. The van der Waals surface area contributed by atoms with Crippen LogP contribution < -0.4 is 0 Å². The van der Waals surface area contributed by atoms with Crippen molar-refractivity contribution in [3.63, 3.8) is 0 Å². The maximum Gasteiger partial charge on any atom is 0.154 e. The fourth-order valence-electron chi connectivity index (χ4n) is 1.28. The van der Waals surface area contributed by atoms with E-state index in [0.29, 0.717) is 5.69 Å². The Morgan fingerprint density at radius 3 is 2.85 bits per heavy atom. The lowest BCUT2D eigenvalue weighted by atomic mass is 10.4. The molecule has 2 aromatic rings. The number of nitrogens with zero attached hydrogens (tertiary/aromatic N) is 3. The van der Waals surface area contributed by atoms with E-state index in [2.05, 4.69) is 10.1 Å². The Bertz CT molecular complexity index is 447. The first-order valence-electron chi connectivity index (χ1n) is 4.15. The molecule has 0 radical (unpaired) electrons. The van der Waals surface area contributed by atoms with Crippen LogP contribution in [0.2, 0.25) is 0 Å². The summed E-state index contributed by atoms with van der Waals surface area (Å²) in [6.45, 7) is 3.87. The molecule has 0 atom stereocenters. The molecule has 1 N–H and O–H groups in total. The maximum atomic E-state index is 8.90. The van der Waals surface area contributed by atoms with Crippen molar-refractivity contribution in [1.82, 2.24) is 14.6 Å². The van der Waals surface area contributed by atoms with Gasteiger partial charge >= 0.3 is 0 Å². The smallest absolute Gasteiger partial charge is 0.154 e. The molecule has 0 spiro atoms. The molecule has 68 valence electrons. The Labute approximate surface area is 75.8 Å². The van der Waals surface area contributed by atoms with E-state index >= 15 is 0 Å². The zero-order valence-electron chi connectivity index (χ0n) is 7.65. The summed E-state index contributed by atoms with van der Waals surface area (Å²) in [5, 5.41) is 13.1. The van der Waals surface area contributed by atoms with Crippen molar-refractivity contribution in [2.24, 2.45) is 0 Å². The second-order valence-electron chi connectivity index (χ2n) is 3.04. The van der Waals surface area contributed by atoms with Crippen LogP contribution in [-0.4, -0.2) is 19.7 Å². The van der Waals surface area contributed by atoms with Crippen molar-refractivity contribution >= 4 is 5.65 Å². The molecule has 0 unspecified atom stereocenters. The monoisotopic (exact) mass is 177 g/mol. The second-order valence-corrected chi connectivity index (χ2v) is 3.04. The van der Waals surface area contributed by atoms with Gasteiger partial charge in [-0.25, -0.2) is 9.50 Å². The van der Waals surface area contributed by atoms with Gasteiger partial charge in [-0.1, -0.05) is 0 Å². The molecule has 4 nitrogen and oxygen atoms in total. The quantitative estimate of drug-likeness (QED) is 0.702. The Morgan fingerprint density at radius 2 is 2.15 bits per heavy atom. The largest absolute Gasteiger partial charge is 0.390 e. The van der Waals surface area contributed by atoms with Crippen molar-refractivity contribution in [3.05, 3.63) is 29.2 Å². The van der Waals surface area contributed by atoms with Gasteiger partial charge in [-0.3, -0.25) is 0 Å². The molecule has 2 heterocycles. The lowest BCUT2D eigenvalue weighted by Crippen LogP contribution is -1.98. The highest BCUT2D eigenvalue weighted by molar-refractivity contribution is 5.41. The standard InChI is InChI=1S/C9H11N3O/c1-6-7(2)12-9(10-6)4-3-8(5-13)11-12/h3-4,13H,5H2,1-2H3. The molecule has 0 saturated heterocycles. The van der Waals surface area contributed by atoms with Gasteiger partial charge in [0, 0.05) is 0 Å². The van der Waals surface area contributed by atoms with Gasteiger partial charge in [0.2, 0.25) is 0 Å². The molecule has 2 rings (SSSR count). The van der Waals surface area contributed by atoms with Crippen molar-refractivity contribution in [3.8, 4) is 0 Å². The van der Waals surface area contributed by atoms with Crippen molar-refractivity contribution in [1.29, 1.82) is 0 Å². The van der Waals surface area contributed by atoms with Gasteiger partial charge in [0.25, 0.3) is 0 Å². The number of hydrogen-bond donors (Lipinski definition) is 1. The molecule has 0 aliphatic carbocycles. The van der Waals surface area contributed by atoms with Crippen molar-refractivity contribution < 1.29 is 5.11 Å². The van der Waals surface area contributed by atoms with Gasteiger partial charge in [-0.2, -0.15) is 5.10 Å². The molecule has 2 aromatic heterocycles. The van der Waals surface area contributed by atoms with Gasteiger partial charge in [-0.15, -0.1) is 0 Å². The molecular weight excluding hydrogens is 166 g/mol. The molecule has 0 amide bonds. The first-order valence-corrected chi connectivity index (χ1v) is 4.15. The Balaban J connectivity index is 2.75. The number of aromatic nitrogens is 3. The van der Waals surface area contributed by atoms with E-state index in [-0.39, 0.29) is 6.61 Å². The summed E-state index contributed by atoms with van der Waals surface area (Å²) in [4.78, 5) is 4.31. The number of hydrogen-bond acceptors (Lipinski definition) is 3. The van der Waals surface area contributed by atoms with E-state index in [1.807, 2.05) is 19.9 Å². The molecule has 0 aliphatic rings. The van der Waals surface area contributed by atoms with E-state index in [0.717, 1.165) is 17.0 Å². The van der Waals surface area contributed by atoms with E-state index in [1.165, 1.54) is 0 Å². The zero-order chi connectivity index (χ0) is 9.42. The van der Waals surface area contributed by atoms with Crippen LogP contribution in [0.4, 0.5) is 0 Å². The average molecular weight is 177 g/mol. The van der Waals surface area contributed by atoms with Crippen LogP contribution in [0.5, 0.6) is 0 Å². The Morgan fingerprint density at radius 1 is 1.38 bits per heavy atom. The zero-order valence-corrected chi connectivity index (χ0v) is 7.65. The lowest BCUT2D eigenvalue weighted by molar-refractivity contribution is 0.275. The number of aliphatic hydroxyl groups is 1. The van der Waals surface area contributed by atoms with Crippen LogP contribution >= 0.6 is 0 Å². The molecule has 0 fully saturated rings. The normalized spacial score (nSPS) is 11.0. The number of rotatable bonds is 1. The first-order chi connectivity index (χ1) is 6.22. The molecule has 0 aromatic carbocycles. The minimum atomic E-state index is -0.0351. The van der Waals surface area contributed by atoms with Crippen LogP contribution in [0.3, 0.4) is 0 Å². The highest BCUT2D eigenvalue weighted by Gasteiger charge is 2.04. The summed E-state index contributed by atoms with van der Waals surface area (Å²) in [5.74, 6) is 0. The first kappa shape index (κ1) is 8.19. The van der Waals surface area contributed by atoms with Crippen LogP contribution in [0.15, 0.2) is 12.1 Å². The summed E-state index contributed by atoms with van der Waals surface area (Å²) in [6, 6.07) is 3.64. The van der Waals surface area contributed by atoms with E-state index in [9.17, 15) is 0 Å². The molecule has 0 aliphatic heterocycles. The minimum Gasteiger partial charge on any atom is -0.390 e. The molecule has 13 heavy (non-hydrogen) atoms. The summed E-state index contributed by atoms with van der Waals surface area (Å²) >= 11 is 0. The van der Waals surface area contributed by atoms with Gasteiger partial charge < -0.3 is 5.11 Å². The fraction of sp³-hybridized carbons (Fsp3) is 0.333. The van der Waals surface area contributed by atoms with Crippen molar-refractivity contribution in [2.75, 3.05) is 0 Å². The third-order valence-electron chi connectivity index (χ3n) is 2.16. The van der Waals surface area contributed by atoms with Gasteiger partial charge in [0.1, 0.15) is 0 Å². The van der Waals surface area contributed by atoms with Crippen LogP contribution in [0.1, 0.15) is 17.1 Å². The lowest BCUT2D eigenvalue weighted by Gasteiger charge is -1.97. The number of aliphatic hydroxyl groups excluding tert-OH is 1. The maximum absolute atomic E-state index is 8.90. The Hall–Kier alpha value is -1.42. The SMILES string of the molecule is Cc1nc2ccc(CO)nn2c1C. The highest BCUT2D eigenvalue weighted by Crippen LogP contribution is 2.09. The summed E-state index contributed by atoms with van der Waals surface area (Å²) in [5.41, 5.74) is 3.48. The van der Waals surface area contributed by atoms with Crippen LogP contribution in [-0.2, 0) is 6.61 Å². The van der Waals surface area contributed by atoms with E-state index < -0.39 is 0 Å². The molecular formula is C9H11N3O. The van der Waals surface area contributed by atoms with E-state index in [1.54, 1.807) is 10.6 Å². The van der Waals surface area contributed by atoms with Gasteiger partial charge in [0.05, 0.1) is 23.7 Å². The van der Waals surface area contributed by atoms with Crippen molar-refractivity contribution in [2.45, 2.75) is 20.5 Å². The number of imidazole rings is 1. The van der Waals surface area contributed by atoms with E-state index in [4.69, 9.17) is 5.11 Å². The summed E-state index contributed by atoms with van der Waals surface area (Å²) < 4.78 is 1.75. The summed E-state index contributed by atoms with van der Waals surface area (Å²) in [7, 11) is 0. The van der Waals surface area contributed by atoms with Crippen LogP contribution in [0.25, 0.3) is 5.65 Å². The van der Waals surface area contributed by atoms with Gasteiger partial charge in [0.15, 0.2) is 5.65 Å². The topological polar surface area (TPSA) is 50.4 Å². The highest BCUT2D eigenvalue weighted by atomic mass is 16.3. The predicted octanol–water partition coefficient (Wildman–Crippen LogP) is 0.838. The molecule has 0 saturated carbocycles. The molecule has 0 bridgehead atoms. The summed E-state index contributed by atoms with van der Waals surface area (Å²) in [6.07, 6.45) is 0. The third kappa shape index (κ3) is 1.19. The fourth-order valence-corrected chi connectivity index (χ4v) is 1.28. The number of fused-ring (bicyclic) bond motifs is 1.